The van der Waals surface area contributed by atoms with Gasteiger partial charge < -0.3 is 0 Å². The summed E-state index contributed by atoms with van der Waals surface area (Å²) in [6.45, 7) is 21.2. The SMILES string of the molecule is CC1=C2[C@@H](CC1)[C@]1(C)O[C@@](C(C)C)(C[C@H]1O[Si](C)(C)C(C)(C)C)[C@H]2[Hg][Cl]. The molecule has 0 amide bonds. The van der Waals surface area contributed by atoms with Gasteiger partial charge in [0.05, 0.1) is 0 Å². The molecule has 2 saturated heterocycles. The molecule has 5 atom stereocenters. The Morgan fingerprint density at radius 3 is 2.42 bits per heavy atom. The number of ether oxygens (including phenoxy) is 1. The number of halogens is 1. The van der Waals surface area contributed by atoms with Gasteiger partial charge in [0.15, 0.2) is 0 Å². The molecule has 2 aliphatic heterocycles. The van der Waals surface area contributed by atoms with Gasteiger partial charge in [0, 0.05) is 0 Å². The minimum atomic E-state index is -1.85. The summed E-state index contributed by atoms with van der Waals surface area (Å²) in [5.41, 5.74) is 3.07. The number of hydrogen-bond acceptors (Lipinski definition) is 2. The second-order valence-electron chi connectivity index (χ2n) is 11.0. The Morgan fingerprint density at radius 2 is 1.92 bits per heavy atom. The van der Waals surface area contributed by atoms with E-state index in [0.717, 1.165) is 6.42 Å². The Hall–Kier alpha value is 1.10. The molecular formula is C21H37ClHgO2Si. The molecular weight excluding hydrogens is 548 g/mol. The van der Waals surface area contributed by atoms with Crippen molar-refractivity contribution in [3.63, 3.8) is 0 Å². The average molecular weight is 586 g/mol. The number of hydrogen-bond donors (Lipinski definition) is 0. The van der Waals surface area contributed by atoms with E-state index in [0.29, 0.717) is 15.3 Å². The summed E-state index contributed by atoms with van der Waals surface area (Å²) >= 11 is -1.54. The van der Waals surface area contributed by atoms with Crippen LogP contribution >= 0.6 is 8.25 Å². The average Bonchev–Trinajstić information content (AvgIpc) is 2.99. The Labute approximate surface area is 177 Å². The molecule has 0 aromatic carbocycles. The van der Waals surface area contributed by atoms with Crippen LogP contribution in [0.1, 0.15) is 67.7 Å². The standard InChI is InChI=1S/C21H37O2Si.ClH.Hg/c1-14(2)21-12-16-15(3)10-11-17(16)20(7,23-21)18(13-21)22-24(8,9)19(4,5)6;;/h12,14,17-18H,10-11,13H2,1-9H3;1H;/q;;+1/p-1/t17-,18-,20+,21-;;/m1../s1. The van der Waals surface area contributed by atoms with Crippen molar-refractivity contribution >= 4 is 16.6 Å². The molecule has 2 bridgehead atoms. The Kier molecular flexibility index (Phi) is 5.72. The van der Waals surface area contributed by atoms with E-state index in [1.54, 1.807) is 11.1 Å². The van der Waals surface area contributed by atoms with Gasteiger partial charge in [-0.3, -0.25) is 0 Å². The van der Waals surface area contributed by atoms with Crippen LogP contribution in [0.4, 0.5) is 0 Å². The van der Waals surface area contributed by atoms with Crippen LogP contribution < -0.4 is 0 Å². The van der Waals surface area contributed by atoms with Crippen molar-refractivity contribution in [2.24, 2.45) is 11.8 Å². The van der Waals surface area contributed by atoms with Crippen molar-refractivity contribution in [3.8, 4) is 0 Å². The van der Waals surface area contributed by atoms with Gasteiger partial charge >= 0.3 is 179 Å². The van der Waals surface area contributed by atoms with Crippen molar-refractivity contribution in [2.45, 2.75) is 107 Å². The van der Waals surface area contributed by atoms with E-state index >= 15 is 0 Å². The molecule has 5 heteroatoms. The zero-order chi connectivity index (χ0) is 19.7. The number of fused-ring (bicyclic) bond motifs is 4. The summed E-state index contributed by atoms with van der Waals surface area (Å²) < 4.78 is 14.7. The zero-order valence-corrected chi connectivity index (χ0v) is 25.6. The Bertz CT molecular complexity index is 612. The van der Waals surface area contributed by atoms with E-state index in [2.05, 4.69) is 61.6 Å². The van der Waals surface area contributed by atoms with Gasteiger partial charge in [-0.25, -0.2) is 0 Å². The van der Waals surface area contributed by atoms with E-state index in [1.807, 2.05) is 0 Å². The normalized spacial score (nSPS) is 40.2. The van der Waals surface area contributed by atoms with Crippen LogP contribution in [0.5, 0.6) is 0 Å². The van der Waals surface area contributed by atoms with E-state index in [-0.39, 0.29) is 22.3 Å². The molecule has 26 heavy (non-hydrogen) atoms. The summed E-state index contributed by atoms with van der Waals surface area (Å²) in [6, 6.07) is 0. The molecule has 0 aromatic rings. The molecule has 0 unspecified atom stereocenters. The second kappa shape index (κ2) is 6.82. The quantitative estimate of drug-likeness (QED) is 0.270. The molecule has 0 radical (unpaired) electrons. The monoisotopic (exact) mass is 586 g/mol. The van der Waals surface area contributed by atoms with Gasteiger partial charge in [-0.05, 0) is 0 Å². The molecule has 0 aromatic heterocycles. The molecule has 0 N–H and O–H groups in total. The van der Waals surface area contributed by atoms with E-state index in [4.69, 9.17) is 17.4 Å². The van der Waals surface area contributed by atoms with Crippen molar-refractivity contribution in [1.82, 2.24) is 0 Å². The van der Waals surface area contributed by atoms with Crippen LogP contribution in [0.3, 0.4) is 0 Å². The number of rotatable bonds is 4. The van der Waals surface area contributed by atoms with Gasteiger partial charge in [-0.2, -0.15) is 0 Å². The Balaban J connectivity index is 2.07. The molecule has 3 aliphatic rings. The topological polar surface area (TPSA) is 18.5 Å². The third-order valence-electron chi connectivity index (χ3n) is 8.26. The first-order valence-electron chi connectivity index (χ1n) is 10.4. The summed E-state index contributed by atoms with van der Waals surface area (Å²) in [6.07, 6.45) is 3.70. The fourth-order valence-electron chi connectivity index (χ4n) is 5.54. The molecule has 2 fully saturated rings. The third kappa shape index (κ3) is 3.05. The molecule has 2 nitrogen and oxygen atoms in total. The first-order valence-corrected chi connectivity index (χ1v) is 23.3. The summed E-state index contributed by atoms with van der Waals surface area (Å²) in [5.74, 6) is 1.01. The fraction of sp³-hybridized carbons (Fsp3) is 0.905. The summed E-state index contributed by atoms with van der Waals surface area (Å²) in [5, 5.41) is 0.223. The van der Waals surface area contributed by atoms with E-state index < -0.39 is 31.7 Å². The fourth-order valence-corrected chi connectivity index (χ4v) is 17.6. The van der Waals surface area contributed by atoms with Gasteiger partial charge in [-0.1, -0.05) is 0 Å². The minimum absolute atomic E-state index is 0.0808. The van der Waals surface area contributed by atoms with Gasteiger partial charge in [0.25, 0.3) is 0 Å². The predicted octanol–water partition coefficient (Wildman–Crippen LogP) is 6.72. The van der Waals surface area contributed by atoms with E-state index in [9.17, 15) is 0 Å². The molecule has 146 valence electrons. The zero-order valence-electron chi connectivity index (χ0n) is 18.3. The number of allylic oxidation sites excluding steroid dienone is 1. The van der Waals surface area contributed by atoms with Crippen molar-refractivity contribution < 1.29 is 32.5 Å². The molecule has 3 rings (SSSR count). The van der Waals surface area contributed by atoms with Crippen molar-refractivity contribution in [1.29, 1.82) is 0 Å². The third-order valence-corrected chi connectivity index (χ3v) is 21.1. The maximum atomic E-state index is 7.10. The molecule has 1 aliphatic carbocycles. The van der Waals surface area contributed by atoms with Crippen LogP contribution in [0.2, 0.25) is 21.6 Å². The molecule has 0 saturated carbocycles. The van der Waals surface area contributed by atoms with Gasteiger partial charge in [0.1, 0.15) is 0 Å². The van der Waals surface area contributed by atoms with Crippen molar-refractivity contribution in [2.75, 3.05) is 0 Å². The van der Waals surface area contributed by atoms with Crippen LogP contribution in [0, 0.1) is 11.8 Å². The molecule has 0 spiro atoms. The van der Waals surface area contributed by atoms with Gasteiger partial charge in [-0.15, -0.1) is 0 Å². The van der Waals surface area contributed by atoms with Crippen LogP contribution in [0.15, 0.2) is 11.1 Å². The second-order valence-corrected chi connectivity index (χ2v) is 22.8. The first kappa shape index (κ1) is 21.8. The summed E-state index contributed by atoms with van der Waals surface area (Å²) in [7, 11) is 4.96. The van der Waals surface area contributed by atoms with Crippen LogP contribution in [0.25, 0.3) is 0 Å². The van der Waals surface area contributed by atoms with Crippen molar-refractivity contribution in [3.05, 3.63) is 11.1 Å². The first-order chi connectivity index (χ1) is 11.8. The van der Waals surface area contributed by atoms with Crippen LogP contribution in [-0.2, 0) is 32.5 Å². The summed E-state index contributed by atoms with van der Waals surface area (Å²) in [4.78, 5) is 0. The van der Waals surface area contributed by atoms with E-state index in [1.165, 1.54) is 12.8 Å². The molecule has 2 heterocycles. The predicted molar refractivity (Wildman–Crippen MR) is 109 cm³/mol. The maximum absolute atomic E-state index is 7.10. The van der Waals surface area contributed by atoms with Crippen LogP contribution in [-0.4, -0.2) is 25.6 Å². The van der Waals surface area contributed by atoms with Gasteiger partial charge in [0.2, 0.25) is 0 Å². The Morgan fingerprint density at radius 1 is 1.31 bits per heavy atom.